The van der Waals surface area contributed by atoms with Gasteiger partial charge in [0.2, 0.25) is 5.91 Å². The molecule has 100 valence electrons. The molecule has 0 N–H and O–H groups in total. The zero-order chi connectivity index (χ0) is 13.9. The van der Waals surface area contributed by atoms with Gasteiger partial charge in [-0.25, -0.2) is 4.39 Å². The quantitative estimate of drug-likeness (QED) is 0.775. The van der Waals surface area contributed by atoms with Crippen LogP contribution in [0.4, 0.5) is 4.39 Å². The lowest BCUT2D eigenvalue weighted by Crippen LogP contribution is -2.45. The molecule has 0 aliphatic rings. The molecule has 1 amide bonds. The van der Waals surface area contributed by atoms with Gasteiger partial charge in [-0.3, -0.25) is 4.79 Å². The average Bonchev–Trinajstić information content (AvgIpc) is 2.26. The van der Waals surface area contributed by atoms with Gasteiger partial charge in [0.1, 0.15) is 11.7 Å². The fourth-order valence-corrected chi connectivity index (χ4v) is 1.98. The summed E-state index contributed by atoms with van der Waals surface area (Å²) in [7, 11) is 0. The van der Waals surface area contributed by atoms with Gasteiger partial charge in [0, 0.05) is 16.1 Å². The summed E-state index contributed by atoms with van der Waals surface area (Å²) in [6.45, 7) is 5.71. The fourth-order valence-electron chi connectivity index (χ4n) is 1.61. The van der Waals surface area contributed by atoms with Crippen LogP contribution in [0.25, 0.3) is 0 Å². The molecule has 18 heavy (non-hydrogen) atoms. The van der Waals surface area contributed by atoms with Crippen LogP contribution in [0, 0.1) is 5.82 Å². The van der Waals surface area contributed by atoms with Crippen molar-refractivity contribution >= 4 is 29.1 Å². The monoisotopic (exact) mass is 291 g/mol. The summed E-state index contributed by atoms with van der Waals surface area (Å²) in [6.07, 6.45) is 0. The number of nitrogens with zero attached hydrogens (tertiary/aromatic N) is 1. The molecule has 0 radical (unpaired) electrons. The number of carbonyl (C=O) groups excluding carboxylic acids is 1. The Morgan fingerprint density at radius 3 is 2.44 bits per heavy atom. The average molecular weight is 292 g/mol. The first-order chi connectivity index (χ1) is 8.27. The molecule has 0 atom stereocenters. The van der Waals surface area contributed by atoms with E-state index in [9.17, 15) is 9.18 Å². The Kier molecular flexibility index (Phi) is 5.00. The highest BCUT2D eigenvalue weighted by Gasteiger charge is 2.27. The Hall–Kier alpha value is -0.800. The van der Waals surface area contributed by atoms with Gasteiger partial charge in [0.05, 0.1) is 6.54 Å². The third kappa shape index (κ3) is 3.59. The van der Waals surface area contributed by atoms with Crippen LogP contribution >= 0.6 is 23.2 Å². The largest absolute Gasteiger partial charge is 0.332 e. The van der Waals surface area contributed by atoms with Crippen LogP contribution in [0.3, 0.4) is 0 Å². The number of benzene rings is 1. The first-order valence-corrected chi connectivity index (χ1v) is 6.48. The minimum atomic E-state index is -0.447. The van der Waals surface area contributed by atoms with E-state index in [1.54, 1.807) is 6.07 Å². The second-order valence-corrected chi connectivity index (χ2v) is 5.66. The summed E-state index contributed by atoms with van der Waals surface area (Å²) in [5, 5.41) is 0.312. The van der Waals surface area contributed by atoms with Gasteiger partial charge in [-0.2, -0.15) is 0 Å². The molecule has 0 saturated heterocycles. The maximum Gasteiger partial charge on any atom is 0.238 e. The maximum atomic E-state index is 13.7. The molecule has 0 aromatic heterocycles. The van der Waals surface area contributed by atoms with Crippen LogP contribution in [-0.2, 0) is 11.3 Å². The predicted octanol–water partition coefficient (Wildman–Crippen LogP) is 3.85. The lowest BCUT2D eigenvalue weighted by atomic mass is 10.0. The number of alkyl halides is 1. The highest BCUT2D eigenvalue weighted by molar-refractivity contribution is 6.31. The molecule has 1 rings (SSSR count). The lowest BCUT2D eigenvalue weighted by molar-refractivity contribution is -0.134. The molecule has 1 aromatic rings. The minimum Gasteiger partial charge on any atom is -0.332 e. The van der Waals surface area contributed by atoms with Gasteiger partial charge in [0.25, 0.3) is 0 Å². The molecule has 0 aliphatic carbocycles. The normalized spacial score (nSPS) is 11.4. The lowest BCUT2D eigenvalue weighted by Gasteiger charge is -2.35. The molecule has 1 aromatic carbocycles. The van der Waals surface area contributed by atoms with Gasteiger partial charge in [0.15, 0.2) is 0 Å². The number of halogens is 3. The van der Waals surface area contributed by atoms with E-state index in [1.165, 1.54) is 17.0 Å². The second-order valence-electron chi connectivity index (χ2n) is 4.98. The molecule has 2 nitrogen and oxygen atoms in total. The van der Waals surface area contributed by atoms with E-state index in [1.807, 2.05) is 20.8 Å². The van der Waals surface area contributed by atoms with Crippen LogP contribution in [0.1, 0.15) is 26.3 Å². The number of rotatable bonds is 3. The van der Waals surface area contributed by atoms with Gasteiger partial charge in [-0.05, 0) is 32.9 Å². The summed E-state index contributed by atoms with van der Waals surface area (Å²) in [5.41, 5.74) is -0.134. The van der Waals surface area contributed by atoms with Gasteiger partial charge in [-0.1, -0.05) is 17.7 Å². The summed E-state index contributed by atoms with van der Waals surface area (Å²) in [4.78, 5) is 13.3. The number of hydrogen-bond donors (Lipinski definition) is 0. The van der Waals surface area contributed by atoms with E-state index in [0.717, 1.165) is 0 Å². The van der Waals surface area contributed by atoms with Crippen molar-refractivity contribution < 1.29 is 9.18 Å². The molecule has 0 fully saturated rings. The second kappa shape index (κ2) is 5.89. The van der Waals surface area contributed by atoms with Crippen LogP contribution in [0.2, 0.25) is 5.02 Å². The standard InChI is InChI=1S/C13H16Cl2FNO/c1-13(2,3)17(12(18)7-14)8-9-10(15)5-4-6-11(9)16/h4-6H,7-8H2,1-3H3. The van der Waals surface area contributed by atoms with Crippen LogP contribution in [0.15, 0.2) is 18.2 Å². The van der Waals surface area contributed by atoms with E-state index >= 15 is 0 Å². The number of hydrogen-bond acceptors (Lipinski definition) is 1. The van der Waals surface area contributed by atoms with Gasteiger partial charge >= 0.3 is 0 Å². The smallest absolute Gasteiger partial charge is 0.238 e. The van der Waals surface area contributed by atoms with Crippen molar-refractivity contribution in [3.63, 3.8) is 0 Å². The Morgan fingerprint density at radius 2 is 2.00 bits per heavy atom. The molecule has 0 bridgehead atoms. The van der Waals surface area contributed by atoms with Crippen molar-refractivity contribution in [1.82, 2.24) is 4.90 Å². The number of amides is 1. The van der Waals surface area contributed by atoms with Crippen molar-refractivity contribution in [2.45, 2.75) is 32.9 Å². The first-order valence-electron chi connectivity index (χ1n) is 5.56. The molecular weight excluding hydrogens is 276 g/mol. The van der Waals surface area contributed by atoms with Crippen molar-refractivity contribution in [1.29, 1.82) is 0 Å². The molecule has 0 spiro atoms. The summed E-state index contributed by atoms with van der Waals surface area (Å²) < 4.78 is 13.7. The molecule has 0 unspecified atom stereocenters. The van der Waals surface area contributed by atoms with E-state index in [-0.39, 0.29) is 18.3 Å². The molecule has 0 aliphatic heterocycles. The Labute approximate surface area is 117 Å². The minimum absolute atomic E-state index is 0.112. The third-order valence-corrected chi connectivity index (χ3v) is 3.19. The Morgan fingerprint density at radius 1 is 1.39 bits per heavy atom. The van der Waals surface area contributed by atoms with E-state index in [4.69, 9.17) is 23.2 Å². The molecular formula is C13H16Cl2FNO. The SMILES string of the molecule is CC(C)(C)N(Cc1c(F)cccc1Cl)C(=O)CCl. The Balaban J connectivity index is 3.08. The molecule has 0 saturated carbocycles. The maximum absolute atomic E-state index is 13.7. The van der Waals surface area contributed by atoms with Crippen molar-refractivity contribution in [3.05, 3.63) is 34.6 Å². The van der Waals surface area contributed by atoms with E-state index < -0.39 is 11.4 Å². The van der Waals surface area contributed by atoms with Gasteiger partial charge in [-0.15, -0.1) is 11.6 Å². The van der Waals surface area contributed by atoms with Crippen molar-refractivity contribution in [3.8, 4) is 0 Å². The summed E-state index contributed by atoms with van der Waals surface area (Å²) in [5.74, 6) is -0.800. The fraction of sp³-hybridized carbons (Fsp3) is 0.462. The summed E-state index contributed by atoms with van der Waals surface area (Å²) in [6, 6.07) is 4.46. The summed E-state index contributed by atoms with van der Waals surface area (Å²) >= 11 is 11.5. The van der Waals surface area contributed by atoms with Crippen LogP contribution in [-0.4, -0.2) is 22.2 Å². The zero-order valence-corrected chi connectivity index (χ0v) is 12.1. The predicted molar refractivity (Wildman–Crippen MR) is 72.4 cm³/mol. The number of carbonyl (C=O) groups is 1. The van der Waals surface area contributed by atoms with E-state index in [0.29, 0.717) is 10.6 Å². The van der Waals surface area contributed by atoms with Crippen LogP contribution < -0.4 is 0 Å². The van der Waals surface area contributed by atoms with Gasteiger partial charge < -0.3 is 4.90 Å². The molecule has 5 heteroatoms. The third-order valence-electron chi connectivity index (χ3n) is 2.60. The Bertz CT molecular complexity index is 423. The first kappa shape index (κ1) is 15.3. The molecule has 0 heterocycles. The van der Waals surface area contributed by atoms with Crippen molar-refractivity contribution in [2.75, 3.05) is 5.88 Å². The van der Waals surface area contributed by atoms with Crippen LogP contribution in [0.5, 0.6) is 0 Å². The highest BCUT2D eigenvalue weighted by atomic mass is 35.5. The van der Waals surface area contributed by atoms with E-state index in [2.05, 4.69) is 0 Å². The highest BCUT2D eigenvalue weighted by Crippen LogP contribution is 2.24. The zero-order valence-electron chi connectivity index (χ0n) is 10.6. The topological polar surface area (TPSA) is 20.3 Å². The van der Waals surface area contributed by atoms with Crippen molar-refractivity contribution in [2.24, 2.45) is 0 Å².